The summed E-state index contributed by atoms with van der Waals surface area (Å²) in [7, 11) is 0. The molecule has 2 aliphatic heterocycles. The number of benzene rings is 1. The van der Waals surface area contributed by atoms with E-state index >= 15 is 0 Å². The summed E-state index contributed by atoms with van der Waals surface area (Å²) in [5.41, 5.74) is 1.71. The molecule has 0 unspecified atom stereocenters. The Morgan fingerprint density at radius 3 is 2.19 bits per heavy atom. The molecule has 2 saturated heterocycles. The van der Waals surface area contributed by atoms with E-state index in [9.17, 15) is 4.79 Å². The van der Waals surface area contributed by atoms with Gasteiger partial charge in [0.2, 0.25) is 5.91 Å². The highest BCUT2D eigenvalue weighted by Gasteiger charge is 2.49. The van der Waals surface area contributed by atoms with Gasteiger partial charge >= 0.3 is 0 Å². The van der Waals surface area contributed by atoms with Gasteiger partial charge in [0.15, 0.2) is 5.79 Å². The molecule has 142 valence electrons. The summed E-state index contributed by atoms with van der Waals surface area (Å²) in [5, 5.41) is 3.19. The number of anilines is 1. The Labute approximate surface area is 156 Å². The number of carbonyl (C=O) groups excluding carboxylic acids is 1. The first kappa shape index (κ1) is 18.0. The minimum absolute atomic E-state index is 0.158. The highest BCUT2D eigenvalue weighted by Crippen LogP contribution is 2.40. The van der Waals surface area contributed by atoms with Crippen molar-refractivity contribution in [3.05, 3.63) is 29.8 Å². The Balaban J connectivity index is 1.49. The summed E-state index contributed by atoms with van der Waals surface area (Å²) >= 11 is 0. The lowest BCUT2D eigenvalue weighted by atomic mass is 9.78. The number of carbonyl (C=O) groups is 1. The van der Waals surface area contributed by atoms with E-state index in [2.05, 4.69) is 17.1 Å². The lowest BCUT2D eigenvalue weighted by Gasteiger charge is -2.49. The molecule has 1 N–H and O–H groups in total. The fourth-order valence-corrected chi connectivity index (χ4v) is 4.77. The van der Waals surface area contributed by atoms with E-state index in [0.29, 0.717) is 13.2 Å². The summed E-state index contributed by atoms with van der Waals surface area (Å²) in [6.07, 6.45) is 7.06. The molecule has 0 bridgehead atoms. The first-order valence-corrected chi connectivity index (χ1v) is 10.0. The van der Waals surface area contributed by atoms with Crippen molar-refractivity contribution < 1.29 is 14.3 Å². The van der Waals surface area contributed by atoms with Crippen LogP contribution in [-0.2, 0) is 14.3 Å². The molecule has 5 heteroatoms. The smallest absolute Gasteiger partial charge is 0.244 e. The van der Waals surface area contributed by atoms with E-state index in [4.69, 9.17) is 9.47 Å². The average Bonchev–Trinajstić information content (AvgIpc) is 3.12. The van der Waals surface area contributed by atoms with Crippen molar-refractivity contribution in [1.29, 1.82) is 0 Å². The van der Waals surface area contributed by atoms with Crippen molar-refractivity contribution in [3.8, 4) is 0 Å². The van der Waals surface area contributed by atoms with E-state index in [-0.39, 0.29) is 17.2 Å². The van der Waals surface area contributed by atoms with Crippen LogP contribution in [0, 0.1) is 6.92 Å². The number of hydrogen-bond acceptors (Lipinski definition) is 4. The maximum absolute atomic E-state index is 13.4. The third kappa shape index (κ3) is 3.40. The molecule has 5 nitrogen and oxygen atoms in total. The van der Waals surface area contributed by atoms with Crippen molar-refractivity contribution in [2.75, 3.05) is 31.6 Å². The van der Waals surface area contributed by atoms with Crippen molar-refractivity contribution in [1.82, 2.24) is 4.90 Å². The van der Waals surface area contributed by atoms with Gasteiger partial charge in [0, 0.05) is 31.6 Å². The van der Waals surface area contributed by atoms with Crippen molar-refractivity contribution in [3.63, 3.8) is 0 Å². The lowest BCUT2D eigenvalue weighted by Crippen LogP contribution is -2.61. The summed E-state index contributed by atoms with van der Waals surface area (Å²) in [4.78, 5) is 15.8. The highest BCUT2D eigenvalue weighted by molar-refractivity contribution is 5.98. The monoisotopic (exact) mass is 358 g/mol. The number of piperidine rings is 1. The van der Waals surface area contributed by atoms with E-state index < -0.39 is 0 Å². The topological polar surface area (TPSA) is 50.8 Å². The van der Waals surface area contributed by atoms with E-state index in [1.165, 1.54) is 12.0 Å². The minimum Gasteiger partial charge on any atom is -0.347 e. The minimum atomic E-state index is -0.389. The van der Waals surface area contributed by atoms with E-state index in [1.54, 1.807) is 0 Å². The second-order valence-corrected chi connectivity index (χ2v) is 8.01. The maximum atomic E-state index is 13.4. The standard InChI is InChI=1S/C21H30N2O3/c1-17-5-7-18(8-6-17)22-19(24)20(9-3-2-4-10-20)23-13-11-21(12-14-23)25-15-16-26-21/h5-8H,2-4,9-16H2,1H3,(H,22,24). The molecule has 3 fully saturated rings. The normalized spacial score (nSPS) is 25.3. The van der Waals surface area contributed by atoms with Crippen LogP contribution in [0.3, 0.4) is 0 Å². The molecule has 0 aromatic heterocycles. The zero-order valence-corrected chi connectivity index (χ0v) is 15.8. The number of nitrogens with one attached hydrogen (secondary N) is 1. The largest absolute Gasteiger partial charge is 0.347 e. The van der Waals surface area contributed by atoms with Crippen LogP contribution in [0.15, 0.2) is 24.3 Å². The zero-order valence-electron chi connectivity index (χ0n) is 15.8. The van der Waals surface area contributed by atoms with Gasteiger partial charge in [0.05, 0.1) is 13.2 Å². The Bertz CT molecular complexity index is 621. The van der Waals surface area contributed by atoms with Gasteiger partial charge in [-0.1, -0.05) is 37.0 Å². The molecule has 0 atom stereocenters. The first-order chi connectivity index (χ1) is 12.6. The number of amides is 1. The molecule has 1 aliphatic carbocycles. The second-order valence-electron chi connectivity index (χ2n) is 8.01. The molecule has 1 aromatic rings. The lowest BCUT2D eigenvalue weighted by molar-refractivity contribution is -0.194. The number of rotatable bonds is 3. The number of nitrogens with zero attached hydrogens (tertiary/aromatic N) is 1. The van der Waals surface area contributed by atoms with Crippen LogP contribution in [-0.4, -0.2) is 48.4 Å². The fraction of sp³-hybridized carbons (Fsp3) is 0.667. The number of ether oxygens (including phenoxy) is 2. The molecule has 0 radical (unpaired) electrons. The quantitative estimate of drug-likeness (QED) is 0.899. The number of likely N-dealkylation sites (tertiary alicyclic amines) is 1. The van der Waals surface area contributed by atoms with Crippen molar-refractivity contribution in [2.45, 2.75) is 63.2 Å². The van der Waals surface area contributed by atoms with Crippen LogP contribution in [0.25, 0.3) is 0 Å². The van der Waals surface area contributed by atoms with Crippen LogP contribution in [0.4, 0.5) is 5.69 Å². The fourth-order valence-electron chi connectivity index (χ4n) is 4.77. The van der Waals surface area contributed by atoms with Gasteiger partial charge in [0.1, 0.15) is 5.54 Å². The molecule has 1 spiro atoms. The van der Waals surface area contributed by atoms with Gasteiger partial charge in [-0.15, -0.1) is 0 Å². The van der Waals surface area contributed by atoms with Crippen molar-refractivity contribution in [2.24, 2.45) is 0 Å². The molecule has 1 saturated carbocycles. The molecule has 1 amide bonds. The van der Waals surface area contributed by atoms with Gasteiger partial charge in [-0.05, 0) is 31.9 Å². The molecule has 4 rings (SSSR count). The third-order valence-corrected chi connectivity index (χ3v) is 6.36. The van der Waals surface area contributed by atoms with Crippen LogP contribution >= 0.6 is 0 Å². The van der Waals surface area contributed by atoms with Gasteiger partial charge < -0.3 is 14.8 Å². The Kier molecular flexibility index (Phi) is 5.04. The average molecular weight is 358 g/mol. The van der Waals surface area contributed by atoms with Crippen LogP contribution in [0.2, 0.25) is 0 Å². The predicted octanol–water partition coefficient (Wildman–Crippen LogP) is 3.48. The molecule has 1 aromatic carbocycles. The first-order valence-electron chi connectivity index (χ1n) is 10.0. The molecule has 3 aliphatic rings. The highest BCUT2D eigenvalue weighted by atomic mass is 16.7. The SMILES string of the molecule is Cc1ccc(NC(=O)C2(N3CCC4(CC3)OCCO4)CCCCC2)cc1. The van der Waals surface area contributed by atoms with Gasteiger partial charge in [-0.25, -0.2) is 0 Å². The maximum Gasteiger partial charge on any atom is 0.244 e. The zero-order chi connectivity index (χ0) is 18.0. The van der Waals surface area contributed by atoms with Crippen LogP contribution in [0.5, 0.6) is 0 Å². The number of aryl methyl sites for hydroxylation is 1. The van der Waals surface area contributed by atoms with Crippen LogP contribution < -0.4 is 5.32 Å². The predicted molar refractivity (Wildman–Crippen MR) is 101 cm³/mol. The second kappa shape index (κ2) is 7.29. The summed E-state index contributed by atoms with van der Waals surface area (Å²) in [6, 6.07) is 8.08. The Hall–Kier alpha value is -1.43. The Morgan fingerprint density at radius 1 is 0.962 bits per heavy atom. The molecule has 2 heterocycles. The summed E-state index contributed by atoms with van der Waals surface area (Å²) in [5.74, 6) is -0.231. The van der Waals surface area contributed by atoms with Gasteiger partial charge in [-0.2, -0.15) is 0 Å². The number of hydrogen-bond donors (Lipinski definition) is 1. The molecular formula is C21H30N2O3. The summed E-state index contributed by atoms with van der Waals surface area (Å²) in [6.45, 7) is 5.17. The van der Waals surface area contributed by atoms with Crippen LogP contribution in [0.1, 0.15) is 50.5 Å². The van der Waals surface area contributed by atoms with E-state index in [0.717, 1.165) is 57.3 Å². The molecular weight excluding hydrogens is 328 g/mol. The Morgan fingerprint density at radius 2 is 1.58 bits per heavy atom. The molecule has 26 heavy (non-hydrogen) atoms. The van der Waals surface area contributed by atoms with Gasteiger partial charge in [-0.3, -0.25) is 9.69 Å². The third-order valence-electron chi connectivity index (χ3n) is 6.36. The summed E-state index contributed by atoms with van der Waals surface area (Å²) < 4.78 is 11.7. The van der Waals surface area contributed by atoms with E-state index in [1.807, 2.05) is 24.3 Å². The van der Waals surface area contributed by atoms with Gasteiger partial charge in [0.25, 0.3) is 0 Å². The van der Waals surface area contributed by atoms with Crippen molar-refractivity contribution >= 4 is 11.6 Å².